The van der Waals surface area contributed by atoms with Crippen molar-refractivity contribution in [2.45, 2.75) is 109 Å². The van der Waals surface area contributed by atoms with Crippen molar-refractivity contribution >= 4 is 17.9 Å². The zero-order valence-electron chi connectivity index (χ0n) is 36.2. The number of carbonyl (C=O) groups is 3. The van der Waals surface area contributed by atoms with Crippen molar-refractivity contribution < 1.29 is 38.2 Å². The number of unbranched alkanes of at least 4 members (excludes halogenated alkanes) is 6. The van der Waals surface area contributed by atoms with Gasteiger partial charge in [0, 0.05) is 19.3 Å². The van der Waals surface area contributed by atoms with E-state index in [4.69, 9.17) is 14.2 Å². The molecule has 0 bridgehead atoms. The van der Waals surface area contributed by atoms with Crippen LogP contribution in [0.15, 0.2) is 146 Å². The normalized spacial score (nSPS) is 14.4. The van der Waals surface area contributed by atoms with Gasteiger partial charge in [-0.3, -0.25) is 9.59 Å². The Morgan fingerprint density at radius 2 is 0.914 bits per heavy atom. The molecule has 0 aromatic carbocycles. The molecule has 2 unspecified atom stereocenters. The standard InChI is InChI=1S/C50H73NO7/c1-6-8-10-12-14-16-18-20-22-24-26-28-30-32-34-36-38-40-48(52)57-45-46(44-56-43-42-47(50(54)55)51(3,4)5)58-49(53)41-39-37-35-33-31-29-27-25-23-21-19-17-15-13-11-9-7-2/h8-31,46-47H,6-7,32-45H2,1-5H3/p+1/b10-8+,11-9+,14-12+,15-13+,18-16+,19-17+,22-20+,23-21+,26-24+,27-25+,30-28+,31-29+. The molecule has 0 spiro atoms. The van der Waals surface area contributed by atoms with Crippen LogP contribution in [0.1, 0.15) is 97.3 Å². The summed E-state index contributed by atoms with van der Waals surface area (Å²) in [6, 6.07) is -0.641. The molecule has 58 heavy (non-hydrogen) atoms. The number of ether oxygens (including phenoxy) is 3. The first-order valence-electron chi connectivity index (χ1n) is 21.0. The monoisotopic (exact) mass is 801 g/mol. The fraction of sp³-hybridized carbons (Fsp3) is 0.460. The molecule has 2 atom stereocenters. The average Bonchev–Trinajstić information content (AvgIpc) is 3.18. The Kier molecular flexibility index (Phi) is 35.8. The van der Waals surface area contributed by atoms with E-state index in [-0.39, 0.29) is 49.1 Å². The Labute approximate surface area is 351 Å². The minimum atomic E-state index is -0.899. The average molecular weight is 801 g/mol. The van der Waals surface area contributed by atoms with Gasteiger partial charge in [-0.2, -0.15) is 0 Å². The molecule has 0 aliphatic rings. The summed E-state index contributed by atoms with van der Waals surface area (Å²) >= 11 is 0. The number of carbonyl (C=O) groups excluding carboxylic acids is 2. The number of hydrogen-bond donors (Lipinski definition) is 1. The lowest BCUT2D eigenvalue weighted by atomic mass is 10.1. The molecule has 0 saturated carbocycles. The van der Waals surface area contributed by atoms with Crippen molar-refractivity contribution in [3.63, 3.8) is 0 Å². The minimum Gasteiger partial charge on any atom is -0.477 e. The van der Waals surface area contributed by atoms with E-state index in [1.165, 1.54) is 0 Å². The number of nitrogens with zero attached hydrogens (tertiary/aromatic N) is 1. The SMILES string of the molecule is CC/C=C/C=C/C=C/C=C/C=C/C=C/CCCCCC(=O)OCC(COCCC(C(=O)O)[N+](C)(C)C)OC(=O)CCCCC/C=C/C=C/C=C/C=C/C=C/C=C/CC. The molecule has 0 aliphatic heterocycles. The van der Waals surface area contributed by atoms with Crippen LogP contribution in [-0.2, 0) is 28.6 Å². The fourth-order valence-electron chi connectivity index (χ4n) is 5.09. The van der Waals surface area contributed by atoms with Gasteiger partial charge >= 0.3 is 17.9 Å². The third-order valence-corrected chi connectivity index (χ3v) is 8.31. The van der Waals surface area contributed by atoms with Crippen LogP contribution in [0.2, 0.25) is 0 Å². The van der Waals surface area contributed by atoms with Crippen molar-refractivity contribution in [3.8, 4) is 0 Å². The number of esters is 2. The van der Waals surface area contributed by atoms with Gasteiger partial charge in [0.25, 0.3) is 0 Å². The highest BCUT2D eigenvalue weighted by Gasteiger charge is 2.31. The molecule has 0 radical (unpaired) electrons. The van der Waals surface area contributed by atoms with E-state index in [2.05, 4.69) is 38.2 Å². The van der Waals surface area contributed by atoms with Gasteiger partial charge in [-0.05, 0) is 51.4 Å². The lowest BCUT2D eigenvalue weighted by molar-refractivity contribution is -0.887. The van der Waals surface area contributed by atoms with Gasteiger partial charge in [0.1, 0.15) is 6.61 Å². The summed E-state index contributed by atoms with van der Waals surface area (Å²) in [6.45, 7) is 4.30. The Hall–Kier alpha value is -4.79. The van der Waals surface area contributed by atoms with E-state index in [0.717, 1.165) is 51.4 Å². The Morgan fingerprint density at radius 1 is 0.517 bits per heavy atom. The van der Waals surface area contributed by atoms with E-state index >= 15 is 0 Å². The lowest BCUT2D eigenvalue weighted by Crippen LogP contribution is -2.50. The van der Waals surface area contributed by atoms with Crippen LogP contribution in [0.3, 0.4) is 0 Å². The Balaban J connectivity index is 4.61. The van der Waals surface area contributed by atoms with Crippen molar-refractivity contribution in [3.05, 3.63) is 146 Å². The van der Waals surface area contributed by atoms with Crippen LogP contribution < -0.4 is 0 Å². The maximum absolute atomic E-state index is 12.7. The number of aliphatic carboxylic acids is 1. The predicted molar refractivity (Wildman–Crippen MR) is 242 cm³/mol. The molecule has 0 amide bonds. The van der Waals surface area contributed by atoms with Crippen LogP contribution >= 0.6 is 0 Å². The molecule has 0 aromatic rings. The molecule has 8 heteroatoms. The molecular weight excluding hydrogens is 727 g/mol. The van der Waals surface area contributed by atoms with Crippen LogP contribution in [0.25, 0.3) is 0 Å². The number of carboxylic acid groups (broad SMARTS) is 1. The van der Waals surface area contributed by atoms with Gasteiger partial charge in [-0.1, -0.05) is 173 Å². The molecule has 0 aromatic heterocycles. The van der Waals surface area contributed by atoms with Crippen LogP contribution in [0.5, 0.6) is 0 Å². The maximum Gasteiger partial charge on any atom is 0.362 e. The number of rotatable bonds is 34. The Morgan fingerprint density at radius 3 is 1.31 bits per heavy atom. The van der Waals surface area contributed by atoms with Crippen molar-refractivity contribution in [2.24, 2.45) is 0 Å². The lowest BCUT2D eigenvalue weighted by Gasteiger charge is -2.31. The Bertz CT molecular complexity index is 1440. The molecule has 0 rings (SSSR count). The molecule has 0 aliphatic carbocycles. The van der Waals surface area contributed by atoms with E-state index in [9.17, 15) is 19.5 Å². The molecule has 0 saturated heterocycles. The van der Waals surface area contributed by atoms with Crippen molar-refractivity contribution in [2.75, 3.05) is 41.0 Å². The zero-order valence-corrected chi connectivity index (χ0v) is 36.2. The number of carboxylic acids is 1. The maximum atomic E-state index is 12.7. The summed E-state index contributed by atoms with van der Waals surface area (Å²) in [5.74, 6) is -1.61. The van der Waals surface area contributed by atoms with Gasteiger partial charge in [0.2, 0.25) is 0 Å². The molecule has 0 fully saturated rings. The first-order chi connectivity index (χ1) is 28.1. The molecule has 1 N–H and O–H groups in total. The molecule has 8 nitrogen and oxygen atoms in total. The largest absolute Gasteiger partial charge is 0.477 e. The fourth-order valence-corrected chi connectivity index (χ4v) is 5.09. The highest BCUT2D eigenvalue weighted by atomic mass is 16.6. The highest BCUT2D eigenvalue weighted by Crippen LogP contribution is 2.11. The third kappa shape index (κ3) is 36.8. The first kappa shape index (κ1) is 53.2. The second kappa shape index (κ2) is 39.1. The molecule has 0 heterocycles. The van der Waals surface area contributed by atoms with Gasteiger partial charge in [0.05, 0.1) is 34.4 Å². The minimum absolute atomic E-state index is 0.0154. The van der Waals surface area contributed by atoms with Crippen molar-refractivity contribution in [1.82, 2.24) is 0 Å². The summed E-state index contributed by atoms with van der Waals surface area (Å²) in [7, 11) is 5.47. The second-order valence-electron chi connectivity index (χ2n) is 14.4. The summed E-state index contributed by atoms with van der Waals surface area (Å²) in [4.78, 5) is 36.9. The second-order valence-corrected chi connectivity index (χ2v) is 14.4. The number of hydrogen-bond acceptors (Lipinski definition) is 6. The molecular formula is C50H74NO7+. The first-order valence-corrected chi connectivity index (χ1v) is 21.0. The smallest absolute Gasteiger partial charge is 0.362 e. The number of allylic oxidation sites excluding steroid dienone is 24. The van der Waals surface area contributed by atoms with E-state index in [1.54, 1.807) is 0 Å². The zero-order chi connectivity index (χ0) is 42.8. The highest BCUT2D eigenvalue weighted by molar-refractivity contribution is 5.72. The quantitative estimate of drug-likeness (QED) is 0.0299. The van der Waals surface area contributed by atoms with Gasteiger partial charge in [-0.25, -0.2) is 4.79 Å². The van der Waals surface area contributed by atoms with E-state index < -0.39 is 18.1 Å². The van der Waals surface area contributed by atoms with Crippen molar-refractivity contribution in [1.29, 1.82) is 0 Å². The summed E-state index contributed by atoms with van der Waals surface area (Å²) in [6.07, 6.45) is 57.4. The van der Waals surface area contributed by atoms with Gasteiger partial charge in [-0.15, -0.1) is 0 Å². The van der Waals surface area contributed by atoms with Crippen LogP contribution in [0, 0.1) is 0 Å². The topological polar surface area (TPSA) is 99.1 Å². The van der Waals surface area contributed by atoms with Gasteiger partial charge in [0.15, 0.2) is 12.1 Å². The third-order valence-electron chi connectivity index (χ3n) is 8.31. The summed E-state index contributed by atoms with van der Waals surface area (Å²) in [5, 5.41) is 9.61. The van der Waals surface area contributed by atoms with E-state index in [0.29, 0.717) is 19.3 Å². The number of quaternary nitrogens is 1. The summed E-state index contributed by atoms with van der Waals surface area (Å²) in [5.41, 5.74) is 0. The van der Waals surface area contributed by atoms with E-state index in [1.807, 2.05) is 143 Å². The van der Waals surface area contributed by atoms with Crippen LogP contribution in [-0.4, -0.2) is 80.6 Å². The number of likely N-dealkylation sites (N-methyl/N-ethyl adjacent to an activating group) is 1. The predicted octanol–water partition coefficient (Wildman–Crippen LogP) is 11.4. The van der Waals surface area contributed by atoms with Crippen LogP contribution in [0.4, 0.5) is 0 Å². The van der Waals surface area contributed by atoms with Gasteiger partial charge < -0.3 is 23.8 Å². The molecule has 320 valence electrons. The summed E-state index contributed by atoms with van der Waals surface area (Å²) < 4.78 is 17.2.